The van der Waals surface area contributed by atoms with Crippen LogP contribution in [0.5, 0.6) is 0 Å². The topological polar surface area (TPSA) is 147 Å². The molecule has 0 spiro atoms. The summed E-state index contributed by atoms with van der Waals surface area (Å²) >= 11 is 0. The van der Waals surface area contributed by atoms with Crippen molar-refractivity contribution in [1.82, 2.24) is 15.1 Å². The molecule has 2 N–H and O–H groups in total. The Kier molecular flexibility index (Phi) is 4.37. The number of para-hydroxylation sites is 1. The zero-order chi connectivity index (χ0) is 21.5. The summed E-state index contributed by atoms with van der Waals surface area (Å²) in [7, 11) is 0. The molecule has 5 rings (SSSR count). The van der Waals surface area contributed by atoms with Crippen LogP contribution in [0.3, 0.4) is 0 Å². The van der Waals surface area contributed by atoms with E-state index in [-0.39, 0.29) is 35.7 Å². The Morgan fingerprint density at radius 1 is 1.13 bits per heavy atom. The van der Waals surface area contributed by atoms with Crippen molar-refractivity contribution in [2.75, 3.05) is 5.32 Å². The van der Waals surface area contributed by atoms with Gasteiger partial charge in [-0.25, -0.2) is 0 Å². The van der Waals surface area contributed by atoms with Crippen LogP contribution in [-0.4, -0.2) is 26.1 Å². The van der Waals surface area contributed by atoms with E-state index in [9.17, 15) is 20.3 Å². The van der Waals surface area contributed by atoms with Crippen LogP contribution in [0.4, 0.5) is 5.69 Å². The Labute approximate surface area is 174 Å². The molecule has 31 heavy (non-hydrogen) atoms. The fraction of sp³-hybridized carbons (Fsp3) is 0.150. The second-order valence-electron chi connectivity index (χ2n) is 7.01. The van der Waals surface area contributed by atoms with Gasteiger partial charge in [0.1, 0.15) is 5.69 Å². The summed E-state index contributed by atoms with van der Waals surface area (Å²) in [5, 5.41) is 44.8. The van der Waals surface area contributed by atoms with Gasteiger partial charge in [-0.2, -0.15) is 0 Å². The van der Waals surface area contributed by atoms with E-state index < -0.39 is 5.91 Å². The Morgan fingerprint density at radius 3 is 2.77 bits per heavy atom. The predicted octanol–water partition coefficient (Wildman–Crippen LogP) is 0.637. The van der Waals surface area contributed by atoms with E-state index in [4.69, 9.17) is 0 Å². The second kappa shape index (κ2) is 7.22. The van der Waals surface area contributed by atoms with Crippen LogP contribution in [-0.2, 0) is 19.4 Å². The van der Waals surface area contributed by atoms with Gasteiger partial charge in [0.25, 0.3) is 5.91 Å². The molecule has 11 nitrogen and oxygen atoms in total. The number of hydrogen-bond acceptors (Lipinski definition) is 7. The number of benzene rings is 2. The summed E-state index contributed by atoms with van der Waals surface area (Å²) < 4.78 is 4.64. The maximum atomic E-state index is 13.0. The number of hydrogen-bond donors (Lipinski definition) is 2. The Hall–Kier alpha value is -4.25. The number of aliphatic hydroxyl groups excluding tert-OH is 1. The van der Waals surface area contributed by atoms with Crippen molar-refractivity contribution < 1.29 is 24.3 Å². The van der Waals surface area contributed by atoms with Gasteiger partial charge in [0.05, 0.1) is 22.4 Å². The Bertz CT molecular complexity index is 1310. The summed E-state index contributed by atoms with van der Waals surface area (Å²) in [5.41, 5.74) is 2.78. The number of carbonyl (C=O) groups excluding carboxylic acids is 1. The molecule has 0 atom stereocenters. The number of fused-ring (bicyclic) bond motifs is 3. The molecule has 0 saturated carbocycles. The van der Waals surface area contributed by atoms with Gasteiger partial charge in [-0.1, -0.05) is 24.3 Å². The first-order valence-electron chi connectivity index (χ1n) is 9.48. The normalized spacial score (nSPS) is 12.3. The monoisotopic (exact) mass is 420 g/mol. The van der Waals surface area contributed by atoms with Crippen molar-refractivity contribution in [2.24, 2.45) is 0 Å². The number of aliphatic hydroxyl groups is 1. The number of amides is 1. The lowest BCUT2D eigenvalue weighted by Crippen LogP contribution is -2.42. The van der Waals surface area contributed by atoms with Crippen LogP contribution >= 0.6 is 0 Å². The van der Waals surface area contributed by atoms with Gasteiger partial charge in [-0.3, -0.25) is 9.42 Å². The van der Waals surface area contributed by atoms with E-state index in [1.807, 2.05) is 0 Å². The van der Waals surface area contributed by atoms with E-state index in [0.29, 0.717) is 38.8 Å². The molecule has 11 heteroatoms. The highest BCUT2D eigenvalue weighted by molar-refractivity contribution is 6.06. The zero-order valence-corrected chi connectivity index (χ0v) is 16.1. The number of carbonyl (C=O) groups is 1. The zero-order valence-electron chi connectivity index (χ0n) is 16.1. The fourth-order valence-electron chi connectivity index (χ4n) is 3.63. The van der Waals surface area contributed by atoms with Crippen molar-refractivity contribution >= 4 is 11.6 Å². The van der Waals surface area contributed by atoms with Crippen LogP contribution in [0.25, 0.3) is 17.1 Å². The second-order valence-corrected chi connectivity index (χ2v) is 7.01. The molecule has 1 aliphatic carbocycles. The van der Waals surface area contributed by atoms with Gasteiger partial charge in [0.15, 0.2) is 5.69 Å². The lowest BCUT2D eigenvalue weighted by Gasteiger charge is -2.11. The maximum Gasteiger partial charge on any atom is 0.303 e. The van der Waals surface area contributed by atoms with Crippen LogP contribution in [0.15, 0.2) is 53.2 Å². The molecule has 0 bridgehead atoms. The largest absolute Gasteiger partial charge is 0.692 e. The molecule has 1 aliphatic rings. The van der Waals surface area contributed by atoms with E-state index in [2.05, 4.69) is 20.2 Å². The molecule has 0 saturated heterocycles. The standard InChI is InChI=1S/C20H16N6O5/c27-11-12-4-3-5-13(10-12)21-20(28)14-6-1-2-7-15(14)24-22-18-16(25(24)29)8-9-17-19(18)23-31-26(17)30/h1-7,10,27H,8-9,11H2,(H,21,28). The lowest BCUT2D eigenvalue weighted by atomic mass is 10.0. The average Bonchev–Trinajstić information content (AvgIpc) is 3.34. The van der Waals surface area contributed by atoms with Gasteiger partial charge >= 0.3 is 11.4 Å². The van der Waals surface area contributed by atoms with Gasteiger partial charge in [0, 0.05) is 18.5 Å². The molecule has 1 amide bonds. The Morgan fingerprint density at radius 2 is 1.94 bits per heavy atom. The van der Waals surface area contributed by atoms with Gasteiger partial charge in [-0.15, -0.1) is 4.85 Å². The molecule has 156 valence electrons. The molecule has 0 fully saturated rings. The summed E-state index contributed by atoms with van der Waals surface area (Å²) in [6.07, 6.45) is 0.587. The summed E-state index contributed by atoms with van der Waals surface area (Å²) in [6.45, 7) is -0.150. The summed E-state index contributed by atoms with van der Waals surface area (Å²) in [6, 6.07) is 13.4. The van der Waals surface area contributed by atoms with Crippen LogP contribution in [0, 0.1) is 10.4 Å². The third kappa shape index (κ3) is 3.07. The van der Waals surface area contributed by atoms with Gasteiger partial charge < -0.3 is 20.8 Å². The number of aromatic nitrogens is 5. The lowest BCUT2D eigenvalue weighted by molar-refractivity contribution is -0.808. The molecule has 2 aromatic carbocycles. The summed E-state index contributed by atoms with van der Waals surface area (Å²) in [5.74, 6) is -0.446. The van der Waals surface area contributed by atoms with E-state index in [1.54, 1.807) is 48.5 Å². The first-order valence-corrected chi connectivity index (χ1v) is 9.48. The van der Waals surface area contributed by atoms with Crippen LogP contribution < -0.4 is 15.1 Å². The van der Waals surface area contributed by atoms with Crippen molar-refractivity contribution in [1.29, 1.82) is 0 Å². The highest BCUT2D eigenvalue weighted by atomic mass is 16.8. The number of rotatable bonds is 4. The highest BCUT2D eigenvalue weighted by Crippen LogP contribution is 2.27. The third-order valence-corrected chi connectivity index (χ3v) is 5.13. The Balaban J connectivity index is 1.55. The SMILES string of the molecule is O=C(Nc1cccc(CO)c1)c1ccccc1-n1nc2c([n+]1[O-])CCc1c-2no[n+]1[O-]. The minimum atomic E-state index is -0.446. The van der Waals surface area contributed by atoms with Crippen molar-refractivity contribution in [3.63, 3.8) is 0 Å². The van der Waals surface area contributed by atoms with E-state index in [1.165, 1.54) is 0 Å². The average molecular weight is 420 g/mol. The predicted molar refractivity (Wildman–Crippen MR) is 105 cm³/mol. The van der Waals surface area contributed by atoms with Crippen molar-refractivity contribution in [3.8, 4) is 17.1 Å². The molecule has 2 aromatic heterocycles. The summed E-state index contributed by atoms with van der Waals surface area (Å²) in [4.78, 5) is 14.9. The maximum absolute atomic E-state index is 13.0. The van der Waals surface area contributed by atoms with E-state index >= 15 is 0 Å². The third-order valence-electron chi connectivity index (χ3n) is 5.13. The number of anilines is 1. The van der Waals surface area contributed by atoms with Crippen molar-refractivity contribution in [2.45, 2.75) is 19.4 Å². The van der Waals surface area contributed by atoms with Crippen molar-refractivity contribution in [3.05, 3.63) is 81.5 Å². The molecule has 2 heterocycles. The van der Waals surface area contributed by atoms with Gasteiger partial charge in [0.2, 0.25) is 5.69 Å². The number of nitrogens with one attached hydrogen (secondary N) is 1. The minimum absolute atomic E-state index is 0.150. The molecule has 0 unspecified atom stereocenters. The highest BCUT2D eigenvalue weighted by Gasteiger charge is 2.39. The number of nitrogens with zero attached hydrogens (tertiary/aromatic N) is 5. The minimum Gasteiger partial charge on any atom is -0.692 e. The molecule has 4 aromatic rings. The quantitative estimate of drug-likeness (QED) is 0.364. The fourth-order valence-corrected chi connectivity index (χ4v) is 3.63. The first kappa shape index (κ1) is 18.8. The molecular weight excluding hydrogens is 404 g/mol. The smallest absolute Gasteiger partial charge is 0.303 e. The van der Waals surface area contributed by atoms with Crippen LogP contribution in [0.1, 0.15) is 27.3 Å². The van der Waals surface area contributed by atoms with E-state index in [0.717, 1.165) is 4.80 Å². The molecule has 0 radical (unpaired) electrons. The molecule has 0 aliphatic heterocycles. The first-order chi connectivity index (χ1) is 15.1. The molecular formula is C20H16N6O5. The van der Waals surface area contributed by atoms with Crippen LogP contribution in [0.2, 0.25) is 0 Å². The van der Waals surface area contributed by atoms with Gasteiger partial charge in [-0.05, 0) is 39.5 Å².